The first kappa shape index (κ1) is 13.4. The van der Waals surface area contributed by atoms with Crippen LogP contribution in [-0.4, -0.2) is 13.1 Å². The average Bonchev–Trinajstić information content (AvgIpc) is 2.34. The maximum atomic E-state index is 11.3. The first-order chi connectivity index (χ1) is 8.11. The number of carbonyl (C=O) groups excluding carboxylic acids is 1. The molecular formula is C13H19NO3. The fraction of sp³-hybridized carbons (Fsp3) is 0.462. The van der Waals surface area contributed by atoms with Gasteiger partial charge in [0.2, 0.25) is 0 Å². The standard InChI is InChI=1S/C13H19NO3/c1-10(2)4-9-13(15)17-14-11-5-7-12(16-3)8-6-11/h5-8,10,14H,4,9H2,1-3H3. The lowest BCUT2D eigenvalue weighted by Crippen LogP contribution is -2.11. The molecule has 0 aliphatic heterocycles. The Morgan fingerprint density at radius 2 is 1.94 bits per heavy atom. The van der Waals surface area contributed by atoms with Gasteiger partial charge >= 0.3 is 5.97 Å². The Morgan fingerprint density at radius 1 is 1.29 bits per heavy atom. The smallest absolute Gasteiger partial charge is 0.332 e. The first-order valence-corrected chi connectivity index (χ1v) is 5.71. The summed E-state index contributed by atoms with van der Waals surface area (Å²) in [4.78, 5) is 16.3. The van der Waals surface area contributed by atoms with E-state index in [-0.39, 0.29) is 5.97 Å². The Labute approximate surface area is 102 Å². The molecule has 0 saturated heterocycles. The van der Waals surface area contributed by atoms with Crippen molar-refractivity contribution in [2.45, 2.75) is 26.7 Å². The Bertz CT molecular complexity index is 346. The number of benzene rings is 1. The second kappa shape index (κ2) is 6.78. The largest absolute Gasteiger partial charge is 0.497 e. The van der Waals surface area contributed by atoms with Crippen LogP contribution in [0.4, 0.5) is 5.69 Å². The second-order valence-electron chi connectivity index (χ2n) is 4.24. The molecule has 0 aliphatic carbocycles. The fourth-order valence-corrected chi connectivity index (χ4v) is 1.23. The molecule has 0 amide bonds. The fourth-order valence-electron chi connectivity index (χ4n) is 1.23. The summed E-state index contributed by atoms with van der Waals surface area (Å²) < 4.78 is 5.02. The highest BCUT2D eigenvalue weighted by molar-refractivity contribution is 5.70. The zero-order chi connectivity index (χ0) is 12.7. The van der Waals surface area contributed by atoms with Crippen molar-refractivity contribution >= 4 is 11.7 Å². The molecule has 1 N–H and O–H groups in total. The van der Waals surface area contributed by atoms with Gasteiger partial charge in [-0.05, 0) is 36.6 Å². The molecule has 0 spiro atoms. The lowest BCUT2D eigenvalue weighted by atomic mass is 10.1. The van der Waals surface area contributed by atoms with Crippen molar-refractivity contribution in [1.82, 2.24) is 0 Å². The highest BCUT2D eigenvalue weighted by Gasteiger charge is 2.05. The summed E-state index contributed by atoms with van der Waals surface area (Å²) in [7, 11) is 1.61. The van der Waals surface area contributed by atoms with Crippen LogP contribution in [0.25, 0.3) is 0 Å². The normalized spacial score (nSPS) is 10.1. The number of rotatable bonds is 6. The maximum absolute atomic E-state index is 11.3. The van der Waals surface area contributed by atoms with Gasteiger partial charge in [-0.2, -0.15) is 0 Å². The molecule has 1 rings (SSSR count). The van der Waals surface area contributed by atoms with Gasteiger partial charge in [-0.15, -0.1) is 0 Å². The van der Waals surface area contributed by atoms with E-state index in [0.717, 1.165) is 17.9 Å². The van der Waals surface area contributed by atoms with E-state index in [4.69, 9.17) is 9.57 Å². The highest BCUT2D eigenvalue weighted by atomic mass is 16.7. The van der Waals surface area contributed by atoms with E-state index in [1.165, 1.54) is 0 Å². The van der Waals surface area contributed by atoms with Crippen LogP contribution in [0.1, 0.15) is 26.7 Å². The summed E-state index contributed by atoms with van der Waals surface area (Å²) in [5, 5.41) is 0. The summed E-state index contributed by atoms with van der Waals surface area (Å²) in [6.07, 6.45) is 1.27. The zero-order valence-corrected chi connectivity index (χ0v) is 10.5. The third kappa shape index (κ3) is 5.24. The van der Waals surface area contributed by atoms with Gasteiger partial charge in [-0.25, -0.2) is 10.3 Å². The lowest BCUT2D eigenvalue weighted by molar-refractivity contribution is -0.140. The van der Waals surface area contributed by atoms with E-state index < -0.39 is 0 Å². The molecule has 4 heteroatoms. The molecular weight excluding hydrogens is 218 g/mol. The minimum absolute atomic E-state index is 0.241. The van der Waals surface area contributed by atoms with Gasteiger partial charge in [0, 0.05) is 6.42 Å². The SMILES string of the molecule is COc1ccc(NOC(=O)CCC(C)C)cc1. The second-order valence-corrected chi connectivity index (χ2v) is 4.24. The lowest BCUT2D eigenvalue weighted by Gasteiger charge is -2.08. The number of hydrogen-bond acceptors (Lipinski definition) is 4. The molecule has 1 aromatic rings. The van der Waals surface area contributed by atoms with Gasteiger partial charge in [-0.1, -0.05) is 13.8 Å². The van der Waals surface area contributed by atoms with Crippen LogP contribution in [0.2, 0.25) is 0 Å². The Kier molecular flexibility index (Phi) is 5.33. The molecule has 4 nitrogen and oxygen atoms in total. The van der Waals surface area contributed by atoms with Crippen LogP contribution < -0.4 is 10.2 Å². The zero-order valence-electron chi connectivity index (χ0n) is 10.5. The van der Waals surface area contributed by atoms with Crippen LogP contribution >= 0.6 is 0 Å². The minimum Gasteiger partial charge on any atom is -0.497 e. The summed E-state index contributed by atoms with van der Waals surface area (Å²) in [5.74, 6) is 1.03. The van der Waals surface area contributed by atoms with Crippen molar-refractivity contribution in [1.29, 1.82) is 0 Å². The van der Waals surface area contributed by atoms with Gasteiger partial charge < -0.3 is 9.57 Å². The summed E-state index contributed by atoms with van der Waals surface area (Å²) in [6, 6.07) is 7.16. The summed E-state index contributed by atoms with van der Waals surface area (Å²) in [5.41, 5.74) is 3.34. The van der Waals surface area contributed by atoms with Gasteiger partial charge in [0.25, 0.3) is 0 Å². The van der Waals surface area contributed by atoms with Crippen molar-refractivity contribution in [3.8, 4) is 5.75 Å². The predicted octanol–water partition coefficient (Wildman–Crippen LogP) is 3.00. The van der Waals surface area contributed by atoms with Crippen molar-refractivity contribution in [2.24, 2.45) is 5.92 Å². The van der Waals surface area contributed by atoms with Gasteiger partial charge in [0.15, 0.2) is 0 Å². The van der Waals surface area contributed by atoms with Crippen molar-refractivity contribution in [3.05, 3.63) is 24.3 Å². The number of anilines is 1. The number of methoxy groups -OCH3 is 1. The Morgan fingerprint density at radius 3 is 2.47 bits per heavy atom. The minimum atomic E-state index is -0.241. The van der Waals surface area contributed by atoms with Crippen LogP contribution in [0.5, 0.6) is 5.75 Å². The van der Waals surface area contributed by atoms with Crippen LogP contribution in [0.3, 0.4) is 0 Å². The van der Waals surface area contributed by atoms with E-state index in [2.05, 4.69) is 19.3 Å². The Balaban J connectivity index is 2.31. The number of carbonyl (C=O) groups is 1. The quantitative estimate of drug-likeness (QED) is 0.773. The molecule has 0 aromatic heterocycles. The molecule has 0 bridgehead atoms. The molecule has 1 aromatic carbocycles. The van der Waals surface area contributed by atoms with Crippen LogP contribution in [0, 0.1) is 5.92 Å². The monoisotopic (exact) mass is 237 g/mol. The van der Waals surface area contributed by atoms with Gasteiger partial charge in [0.1, 0.15) is 5.75 Å². The Hall–Kier alpha value is -1.71. The topological polar surface area (TPSA) is 47.6 Å². The highest BCUT2D eigenvalue weighted by Crippen LogP contribution is 2.15. The van der Waals surface area contributed by atoms with E-state index in [1.807, 2.05) is 0 Å². The molecule has 0 atom stereocenters. The average molecular weight is 237 g/mol. The molecule has 0 unspecified atom stereocenters. The van der Waals surface area contributed by atoms with Crippen molar-refractivity contribution in [3.63, 3.8) is 0 Å². The molecule has 0 heterocycles. The number of hydrogen-bond donors (Lipinski definition) is 1. The molecule has 94 valence electrons. The summed E-state index contributed by atoms with van der Waals surface area (Å²) >= 11 is 0. The third-order valence-electron chi connectivity index (χ3n) is 2.30. The molecule has 0 fully saturated rings. The predicted molar refractivity (Wildman–Crippen MR) is 66.8 cm³/mol. The molecule has 0 aliphatic rings. The van der Waals surface area contributed by atoms with Crippen molar-refractivity contribution < 1.29 is 14.4 Å². The van der Waals surface area contributed by atoms with Crippen molar-refractivity contribution in [2.75, 3.05) is 12.6 Å². The maximum Gasteiger partial charge on any atom is 0.332 e. The van der Waals surface area contributed by atoms with Crippen LogP contribution in [-0.2, 0) is 9.63 Å². The third-order valence-corrected chi connectivity index (χ3v) is 2.30. The van der Waals surface area contributed by atoms with Gasteiger partial charge in [-0.3, -0.25) is 0 Å². The number of nitrogens with one attached hydrogen (secondary N) is 1. The van der Waals surface area contributed by atoms with E-state index in [1.54, 1.807) is 31.4 Å². The van der Waals surface area contributed by atoms with Crippen LogP contribution in [0.15, 0.2) is 24.3 Å². The number of ether oxygens (including phenoxy) is 1. The van der Waals surface area contributed by atoms with E-state index >= 15 is 0 Å². The van der Waals surface area contributed by atoms with E-state index in [0.29, 0.717) is 12.3 Å². The first-order valence-electron chi connectivity index (χ1n) is 5.71. The molecule has 0 saturated carbocycles. The van der Waals surface area contributed by atoms with Gasteiger partial charge in [0.05, 0.1) is 12.8 Å². The van der Waals surface area contributed by atoms with E-state index in [9.17, 15) is 4.79 Å². The molecule has 0 radical (unpaired) electrons. The molecule has 17 heavy (non-hydrogen) atoms. The summed E-state index contributed by atoms with van der Waals surface area (Å²) in [6.45, 7) is 4.15.